The van der Waals surface area contributed by atoms with Crippen molar-refractivity contribution in [3.8, 4) is 12.3 Å². The van der Waals surface area contributed by atoms with Crippen molar-refractivity contribution in [1.82, 2.24) is 20.6 Å². The zero-order valence-corrected chi connectivity index (χ0v) is 12.9. The quantitative estimate of drug-likeness (QED) is 0.472. The fourth-order valence-electron chi connectivity index (χ4n) is 1.94. The molecule has 0 radical (unpaired) electrons. The molecule has 4 N–H and O–H groups in total. The topological polar surface area (TPSA) is 107 Å². The molecule has 118 valence electrons. The molecule has 23 heavy (non-hydrogen) atoms. The van der Waals surface area contributed by atoms with Gasteiger partial charge in [0.1, 0.15) is 0 Å². The van der Waals surface area contributed by atoms with Gasteiger partial charge in [0.15, 0.2) is 4.77 Å². The number of carbonyl (C=O) groups excluding carboxylic acids is 2. The van der Waals surface area contributed by atoms with Crippen molar-refractivity contribution in [2.75, 3.05) is 13.1 Å². The molecular formula is C15H14N4O3S. The fourth-order valence-corrected chi connectivity index (χ4v) is 2.14. The molecule has 0 saturated carbocycles. The third-order valence-corrected chi connectivity index (χ3v) is 3.23. The minimum absolute atomic E-state index is 0.128. The van der Waals surface area contributed by atoms with E-state index in [1.165, 1.54) is 18.2 Å². The molecule has 0 bridgehead atoms. The summed E-state index contributed by atoms with van der Waals surface area (Å²) in [4.78, 5) is 40.4. The molecule has 1 heterocycles. The normalized spacial score (nSPS) is 10.0. The lowest BCUT2D eigenvalue weighted by Crippen LogP contribution is -2.30. The molecule has 0 aliphatic heterocycles. The maximum absolute atomic E-state index is 12.1. The third kappa shape index (κ3) is 4.28. The molecular weight excluding hydrogens is 316 g/mol. The summed E-state index contributed by atoms with van der Waals surface area (Å²) in [7, 11) is 0. The molecule has 2 amide bonds. The predicted molar refractivity (Wildman–Crippen MR) is 88.5 cm³/mol. The Labute approximate surface area is 136 Å². The van der Waals surface area contributed by atoms with Gasteiger partial charge in [0, 0.05) is 18.5 Å². The van der Waals surface area contributed by atoms with Crippen molar-refractivity contribution in [3.63, 3.8) is 0 Å². The minimum atomic E-state index is -0.351. The van der Waals surface area contributed by atoms with Crippen LogP contribution in [0.5, 0.6) is 0 Å². The molecule has 1 aromatic carbocycles. The maximum atomic E-state index is 12.1. The summed E-state index contributed by atoms with van der Waals surface area (Å²) in [5, 5.41) is 5.53. The number of benzene rings is 1. The Morgan fingerprint density at radius 2 is 2.04 bits per heavy atom. The number of hydrogen-bond donors (Lipinski definition) is 4. The van der Waals surface area contributed by atoms with Crippen LogP contribution in [0.25, 0.3) is 10.9 Å². The summed E-state index contributed by atoms with van der Waals surface area (Å²) in [6.07, 6.45) is 5.16. The van der Waals surface area contributed by atoms with Crippen molar-refractivity contribution in [2.24, 2.45) is 0 Å². The van der Waals surface area contributed by atoms with Crippen molar-refractivity contribution in [1.29, 1.82) is 0 Å². The van der Waals surface area contributed by atoms with E-state index in [0.717, 1.165) is 0 Å². The van der Waals surface area contributed by atoms with Gasteiger partial charge in [0.2, 0.25) is 5.91 Å². The predicted octanol–water partition coefficient (Wildman–Crippen LogP) is 0.455. The van der Waals surface area contributed by atoms with Gasteiger partial charge >= 0.3 is 0 Å². The van der Waals surface area contributed by atoms with Crippen molar-refractivity contribution >= 4 is 34.9 Å². The van der Waals surface area contributed by atoms with Crippen molar-refractivity contribution in [2.45, 2.75) is 6.42 Å². The van der Waals surface area contributed by atoms with Gasteiger partial charge in [-0.1, -0.05) is 5.92 Å². The first-order valence-electron chi connectivity index (χ1n) is 6.76. The van der Waals surface area contributed by atoms with E-state index in [2.05, 4.69) is 26.5 Å². The Morgan fingerprint density at radius 3 is 2.78 bits per heavy atom. The van der Waals surface area contributed by atoms with E-state index < -0.39 is 0 Å². The van der Waals surface area contributed by atoms with Gasteiger partial charge in [-0.15, -0.1) is 6.42 Å². The second-order valence-corrected chi connectivity index (χ2v) is 5.06. The van der Waals surface area contributed by atoms with Crippen molar-refractivity contribution < 1.29 is 9.59 Å². The SMILES string of the molecule is C#CCNC(=O)CCNC(=O)c1ccc2c(=O)[nH]c(=S)[nH]c2c1. The highest BCUT2D eigenvalue weighted by Gasteiger charge is 2.08. The van der Waals surface area contributed by atoms with Gasteiger partial charge in [0.25, 0.3) is 11.5 Å². The Kier molecular flexibility index (Phi) is 5.28. The second-order valence-electron chi connectivity index (χ2n) is 4.66. The molecule has 0 unspecified atom stereocenters. The molecule has 2 aromatic rings. The molecule has 0 saturated heterocycles. The fraction of sp³-hybridized carbons (Fsp3) is 0.200. The number of rotatable bonds is 5. The second kappa shape index (κ2) is 7.38. The first-order chi connectivity index (χ1) is 11.0. The summed E-state index contributed by atoms with van der Waals surface area (Å²) in [6.45, 7) is 0.337. The number of amides is 2. The number of aromatic nitrogens is 2. The van der Waals surface area contributed by atoms with E-state index in [1.807, 2.05) is 0 Å². The van der Waals surface area contributed by atoms with E-state index in [4.69, 9.17) is 18.6 Å². The number of hydrogen-bond acceptors (Lipinski definition) is 4. The van der Waals surface area contributed by atoms with Crippen LogP contribution in [-0.2, 0) is 4.79 Å². The molecule has 0 aliphatic carbocycles. The number of carbonyl (C=O) groups is 2. The average Bonchev–Trinajstić information content (AvgIpc) is 2.52. The summed E-state index contributed by atoms with van der Waals surface area (Å²) in [5.41, 5.74) is 0.511. The largest absolute Gasteiger partial charge is 0.352 e. The molecule has 1 aromatic heterocycles. The highest BCUT2D eigenvalue weighted by molar-refractivity contribution is 7.71. The van der Waals surface area contributed by atoms with Crippen LogP contribution >= 0.6 is 12.2 Å². The van der Waals surface area contributed by atoms with E-state index in [9.17, 15) is 14.4 Å². The lowest BCUT2D eigenvalue weighted by molar-refractivity contribution is -0.120. The Morgan fingerprint density at radius 1 is 1.26 bits per heavy atom. The Bertz CT molecular complexity index is 907. The Balaban J connectivity index is 2.04. The van der Waals surface area contributed by atoms with Crippen LogP contribution in [-0.4, -0.2) is 34.9 Å². The summed E-state index contributed by atoms with van der Waals surface area (Å²) in [5.74, 6) is 1.70. The number of H-pyrrole nitrogens is 2. The average molecular weight is 330 g/mol. The molecule has 0 spiro atoms. The summed E-state index contributed by atoms with van der Waals surface area (Å²) >= 11 is 4.90. The third-order valence-electron chi connectivity index (χ3n) is 3.03. The van der Waals surface area contributed by atoms with E-state index in [0.29, 0.717) is 16.5 Å². The smallest absolute Gasteiger partial charge is 0.259 e. The number of terminal acetylenes is 1. The van der Waals surface area contributed by atoms with Gasteiger partial charge < -0.3 is 15.6 Å². The molecule has 8 heteroatoms. The number of aromatic amines is 2. The van der Waals surface area contributed by atoms with Gasteiger partial charge in [-0.25, -0.2) is 0 Å². The molecule has 0 atom stereocenters. The molecule has 0 aliphatic rings. The minimum Gasteiger partial charge on any atom is -0.352 e. The van der Waals surface area contributed by atoms with Crippen LogP contribution in [0.3, 0.4) is 0 Å². The first-order valence-corrected chi connectivity index (χ1v) is 7.17. The highest BCUT2D eigenvalue weighted by atomic mass is 32.1. The highest BCUT2D eigenvalue weighted by Crippen LogP contribution is 2.09. The molecule has 2 rings (SSSR count). The summed E-state index contributed by atoms with van der Waals surface area (Å²) in [6, 6.07) is 4.60. The lowest BCUT2D eigenvalue weighted by atomic mass is 10.1. The number of nitrogens with one attached hydrogen (secondary N) is 4. The number of fused-ring (bicyclic) bond motifs is 1. The van der Waals surface area contributed by atoms with Gasteiger partial charge in [-0.3, -0.25) is 19.4 Å². The van der Waals surface area contributed by atoms with Crippen LogP contribution in [0.2, 0.25) is 0 Å². The zero-order valence-electron chi connectivity index (χ0n) is 12.1. The Hall–Kier alpha value is -2.92. The molecule has 0 fully saturated rings. The molecule has 7 nitrogen and oxygen atoms in total. The van der Waals surface area contributed by atoms with Crippen molar-refractivity contribution in [3.05, 3.63) is 38.9 Å². The van der Waals surface area contributed by atoms with E-state index in [-0.39, 0.29) is 41.7 Å². The van der Waals surface area contributed by atoms with Crippen LogP contribution in [0.1, 0.15) is 16.8 Å². The maximum Gasteiger partial charge on any atom is 0.259 e. The zero-order chi connectivity index (χ0) is 16.8. The monoisotopic (exact) mass is 330 g/mol. The van der Waals surface area contributed by atoms with E-state index in [1.54, 1.807) is 0 Å². The van der Waals surface area contributed by atoms with E-state index >= 15 is 0 Å². The van der Waals surface area contributed by atoms with Gasteiger partial charge in [0.05, 0.1) is 17.4 Å². The standard InChI is InChI=1S/C15H14N4O3S/c1-2-6-16-12(20)5-7-17-13(21)9-3-4-10-11(8-9)18-15(23)19-14(10)22/h1,3-4,8H,5-7H2,(H,16,20)(H,17,21)(H2,18,19,22,23). The van der Waals surface area contributed by atoms with Gasteiger partial charge in [-0.05, 0) is 30.4 Å². The lowest BCUT2D eigenvalue weighted by Gasteiger charge is -2.06. The van der Waals surface area contributed by atoms with Crippen LogP contribution in [0, 0.1) is 17.1 Å². The van der Waals surface area contributed by atoms with Crippen LogP contribution < -0.4 is 16.2 Å². The summed E-state index contributed by atoms with van der Waals surface area (Å²) < 4.78 is 0.185. The van der Waals surface area contributed by atoms with Crippen LogP contribution in [0.4, 0.5) is 0 Å². The first kappa shape index (κ1) is 16.5. The van der Waals surface area contributed by atoms with Gasteiger partial charge in [-0.2, -0.15) is 0 Å². The van der Waals surface area contributed by atoms with Crippen LogP contribution in [0.15, 0.2) is 23.0 Å².